The predicted molar refractivity (Wildman–Crippen MR) is 69.7 cm³/mol. The molecule has 106 valence electrons. The van der Waals surface area contributed by atoms with Crippen LogP contribution in [0.2, 0.25) is 0 Å². The summed E-state index contributed by atoms with van der Waals surface area (Å²) < 4.78 is 5.51. The zero-order valence-corrected chi connectivity index (χ0v) is 11.5. The average Bonchev–Trinajstić information content (AvgIpc) is 2.66. The van der Waals surface area contributed by atoms with Crippen LogP contribution in [0.1, 0.15) is 66.5 Å². The molecule has 0 saturated heterocycles. The molecule has 1 rings (SSSR count). The Morgan fingerprint density at radius 3 is 2.37 bits per heavy atom. The summed E-state index contributed by atoms with van der Waals surface area (Å²) in [5.74, 6) is -2.54. The smallest absolute Gasteiger partial charge is 0.339 e. The molecular weight excluding hydrogens is 248 g/mol. The number of carbonyl (C=O) groups is 2. The first kappa shape index (κ1) is 15.3. The van der Waals surface area contributed by atoms with Gasteiger partial charge in [-0.2, -0.15) is 0 Å². The highest BCUT2D eigenvalue weighted by Gasteiger charge is 2.29. The van der Waals surface area contributed by atoms with Crippen molar-refractivity contribution in [2.24, 2.45) is 0 Å². The molecule has 1 aromatic heterocycles. The summed E-state index contributed by atoms with van der Waals surface area (Å²) in [7, 11) is 0. The van der Waals surface area contributed by atoms with E-state index < -0.39 is 17.9 Å². The number of hydrogen-bond acceptors (Lipinski definition) is 3. The van der Waals surface area contributed by atoms with Gasteiger partial charge >= 0.3 is 11.9 Å². The second kappa shape index (κ2) is 6.41. The van der Waals surface area contributed by atoms with Gasteiger partial charge in [-0.1, -0.05) is 19.8 Å². The summed E-state index contributed by atoms with van der Waals surface area (Å²) in [5, 5.41) is 18.2. The molecule has 0 aliphatic carbocycles. The molecule has 0 aliphatic rings. The summed E-state index contributed by atoms with van der Waals surface area (Å²) >= 11 is 0. The van der Waals surface area contributed by atoms with Crippen LogP contribution in [0.25, 0.3) is 0 Å². The van der Waals surface area contributed by atoms with Gasteiger partial charge in [0.05, 0.1) is 0 Å². The maximum Gasteiger partial charge on any atom is 0.339 e. The molecule has 1 unspecified atom stereocenters. The number of aryl methyl sites for hydroxylation is 1. The van der Waals surface area contributed by atoms with Crippen molar-refractivity contribution in [3.8, 4) is 0 Å². The van der Waals surface area contributed by atoms with Crippen LogP contribution in [0.4, 0.5) is 0 Å². The number of carboxylic acid groups (broad SMARTS) is 2. The molecule has 0 fully saturated rings. The number of rotatable bonds is 7. The highest BCUT2D eigenvalue weighted by Crippen LogP contribution is 2.29. The van der Waals surface area contributed by atoms with Crippen LogP contribution in [0.5, 0.6) is 0 Å². The van der Waals surface area contributed by atoms with E-state index >= 15 is 0 Å². The van der Waals surface area contributed by atoms with E-state index in [-0.39, 0.29) is 11.3 Å². The van der Waals surface area contributed by atoms with E-state index in [2.05, 4.69) is 6.92 Å². The topological polar surface area (TPSA) is 87.7 Å². The number of carboxylic acids is 2. The first-order valence-corrected chi connectivity index (χ1v) is 6.48. The van der Waals surface area contributed by atoms with Gasteiger partial charge in [0.1, 0.15) is 23.0 Å². The minimum absolute atomic E-state index is 0.00129. The lowest BCUT2D eigenvalue weighted by molar-refractivity contribution is -0.138. The second-order valence-electron chi connectivity index (χ2n) is 4.71. The highest BCUT2D eigenvalue weighted by molar-refractivity contribution is 5.93. The van der Waals surface area contributed by atoms with Crippen LogP contribution in [0, 0.1) is 6.92 Å². The predicted octanol–water partition coefficient (Wildman–Crippen LogP) is 3.21. The first-order valence-electron chi connectivity index (χ1n) is 6.48. The zero-order chi connectivity index (χ0) is 14.6. The Kier molecular flexibility index (Phi) is 5.15. The summed E-state index contributed by atoms with van der Waals surface area (Å²) in [6.07, 6.45) is 3.65. The highest BCUT2D eigenvalue weighted by atomic mass is 16.4. The number of aromatic carboxylic acids is 1. The normalized spacial score (nSPS) is 12.4. The van der Waals surface area contributed by atoms with E-state index in [0.29, 0.717) is 17.7 Å². The van der Waals surface area contributed by atoms with Crippen molar-refractivity contribution in [1.82, 2.24) is 0 Å². The van der Waals surface area contributed by atoms with Crippen LogP contribution >= 0.6 is 0 Å². The summed E-state index contributed by atoms with van der Waals surface area (Å²) in [4.78, 5) is 22.3. The lowest BCUT2D eigenvalue weighted by atomic mass is 10.0. The van der Waals surface area contributed by atoms with Crippen molar-refractivity contribution in [3.05, 3.63) is 22.6 Å². The van der Waals surface area contributed by atoms with Crippen molar-refractivity contribution in [2.45, 2.75) is 52.4 Å². The fourth-order valence-corrected chi connectivity index (χ4v) is 2.04. The van der Waals surface area contributed by atoms with Crippen molar-refractivity contribution in [1.29, 1.82) is 0 Å². The molecule has 1 heterocycles. The van der Waals surface area contributed by atoms with E-state index in [9.17, 15) is 14.7 Å². The van der Waals surface area contributed by atoms with Crippen molar-refractivity contribution >= 4 is 11.9 Å². The molecule has 5 heteroatoms. The molecule has 0 radical (unpaired) electrons. The Morgan fingerprint density at radius 2 is 1.89 bits per heavy atom. The Balaban J connectivity index is 3.12. The van der Waals surface area contributed by atoms with Gasteiger partial charge in [-0.3, -0.25) is 4.79 Å². The lowest BCUT2D eigenvalue weighted by Gasteiger charge is -2.03. The SMILES string of the molecule is CCCCCc1oc(C(C)C(=O)O)c(C(=O)O)c1C. The molecule has 19 heavy (non-hydrogen) atoms. The zero-order valence-electron chi connectivity index (χ0n) is 11.5. The molecule has 0 aromatic carbocycles. The van der Waals surface area contributed by atoms with Crippen LogP contribution in [-0.2, 0) is 11.2 Å². The van der Waals surface area contributed by atoms with Crippen LogP contribution in [-0.4, -0.2) is 22.2 Å². The summed E-state index contributed by atoms with van der Waals surface area (Å²) in [6.45, 7) is 5.19. The van der Waals surface area contributed by atoms with Crippen molar-refractivity contribution in [3.63, 3.8) is 0 Å². The maximum absolute atomic E-state index is 11.3. The van der Waals surface area contributed by atoms with E-state index in [1.165, 1.54) is 6.92 Å². The van der Waals surface area contributed by atoms with E-state index in [0.717, 1.165) is 19.3 Å². The molecule has 0 bridgehead atoms. The third-order valence-corrected chi connectivity index (χ3v) is 3.26. The van der Waals surface area contributed by atoms with Gasteiger partial charge < -0.3 is 14.6 Å². The quantitative estimate of drug-likeness (QED) is 0.741. The van der Waals surface area contributed by atoms with Gasteiger partial charge in [0.2, 0.25) is 0 Å². The van der Waals surface area contributed by atoms with Crippen LogP contribution in [0.15, 0.2) is 4.42 Å². The van der Waals surface area contributed by atoms with Gasteiger partial charge in [0.15, 0.2) is 0 Å². The molecule has 0 aliphatic heterocycles. The Bertz CT molecular complexity index is 472. The molecule has 5 nitrogen and oxygen atoms in total. The molecular formula is C14H20O5. The molecule has 0 amide bonds. The fourth-order valence-electron chi connectivity index (χ4n) is 2.04. The Labute approximate surface area is 112 Å². The largest absolute Gasteiger partial charge is 0.481 e. The van der Waals surface area contributed by atoms with Crippen LogP contribution < -0.4 is 0 Å². The number of aliphatic carboxylic acids is 1. The van der Waals surface area contributed by atoms with Crippen LogP contribution in [0.3, 0.4) is 0 Å². The van der Waals surface area contributed by atoms with Crippen molar-refractivity contribution in [2.75, 3.05) is 0 Å². The molecule has 1 aromatic rings. The minimum atomic E-state index is -1.13. The second-order valence-corrected chi connectivity index (χ2v) is 4.71. The molecule has 2 N–H and O–H groups in total. The standard InChI is InChI=1S/C14H20O5/c1-4-5-6-7-10-8(2)11(14(17)18)12(19-10)9(3)13(15)16/h9H,4-7H2,1-3H3,(H,15,16)(H,17,18). The third kappa shape index (κ3) is 3.36. The monoisotopic (exact) mass is 268 g/mol. The van der Waals surface area contributed by atoms with Gasteiger partial charge in [-0.25, -0.2) is 4.79 Å². The van der Waals surface area contributed by atoms with Crippen molar-refractivity contribution < 1.29 is 24.2 Å². The summed E-state index contributed by atoms with van der Waals surface area (Å²) in [5.41, 5.74) is 0.549. The lowest BCUT2D eigenvalue weighted by Crippen LogP contribution is -2.11. The number of furan rings is 1. The third-order valence-electron chi connectivity index (χ3n) is 3.26. The Morgan fingerprint density at radius 1 is 1.26 bits per heavy atom. The van der Waals surface area contributed by atoms with Gasteiger partial charge in [0, 0.05) is 12.0 Å². The van der Waals surface area contributed by atoms with Gasteiger partial charge in [0.25, 0.3) is 0 Å². The Hall–Kier alpha value is -1.78. The first-order chi connectivity index (χ1) is 8.90. The van der Waals surface area contributed by atoms with Gasteiger partial charge in [-0.15, -0.1) is 0 Å². The van der Waals surface area contributed by atoms with E-state index in [1.807, 2.05) is 0 Å². The van der Waals surface area contributed by atoms with E-state index in [1.54, 1.807) is 6.92 Å². The summed E-state index contributed by atoms with van der Waals surface area (Å²) in [6, 6.07) is 0. The number of unbranched alkanes of at least 4 members (excludes halogenated alkanes) is 2. The number of hydrogen-bond donors (Lipinski definition) is 2. The average molecular weight is 268 g/mol. The maximum atomic E-state index is 11.3. The van der Waals surface area contributed by atoms with E-state index in [4.69, 9.17) is 9.52 Å². The molecule has 0 spiro atoms. The fraction of sp³-hybridized carbons (Fsp3) is 0.571. The minimum Gasteiger partial charge on any atom is -0.481 e. The molecule has 1 atom stereocenters. The molecule has 0 saturated carbocycles. The van der Waals surface area contributed by atoms with Gasteiger partial charge in [-0.05, 0) is 20.3 Å².